The number of benzene rings is 1. The molecule has 5 heteroatoms. The minimum atomic E-state index is -2.90. The summed E-state index contributed by atoms with van der Waals surface area (Å²) in [7, 11) is 0. The monoisotopic (exact) mass is 269 g/mol. The number of carbonyl (C=O) groups is 1. The van der Waals surface area contributed by atoms with Gasteiger partial charge in [-0.25, -0.2) is 13.6 Å². The molecule has 0 heterocycles. The lowest BCUT2D eigenvalue weighted by Gasteiger charge is -2.30. The first-order valence-electron chi connectivity index (χ1n) is 6.44. The topological polar surface area (TPSA) is 38.3 Å². The molecule has 1 N–H and O–H groups in total. The molecular weight excluding hydrogens is 252 g/mol. The van der Waals surface area contributed by atoms with Gasteiger partial charge in [0.25, 0.3) is 5.92 Å². The Labute approximate surface area is 111 Å². The van der Waals surface area contributed by atoms with Crippen LogP contribution < -0.4 is 5.32 Å². The number of alkyl halides is 2. The van der Waals surface area contributed by atoms with Crippen molar-refractivity contribution < 1.29 is 18.3 Å². The molecule has 0 aromatic heterocycles. The molecule has 1 atom stereocenters. The summed E-state index contributed by atoms with van der Waals surface area (Å²) in [5.41, 5.74) is 0.898. The second-order valence-electron chi connectivity index (χ2n) is 4.74. The van der Waals surface area contributed by atoms with Crippen LogP contribution in [0.2, 0.25) is 0 Å². The van der Waals surface area contributed by atoms with Gasteiger partial charge >= 0.3 is 6.09 Å². The standard InChI is InChI=1S/C14H17F2NO2/c15-14(16)9-5-4-8-12(14)19-13(18)17-10-11-6-2-1-3-7-11/h1-3,6-7,12H,4-5,8-10H2,(H,17,18). The van der Waals surface area contributed by atoms with Crippen molar-refractivity contribution in [3.8, 4) is 0 Å². The average molecular weight is 269 g/mol. The third-order valence-corrected chi connectivity index (χ3v) is 3.23. The summed E-state index contributed by atoms with van der Waals surface area (Å²) in [4.78, 5) is 11.5. The zero-order valence-corrected chi connectivity index (χ0v) is 10.6. The zero-order chi connectivity index (χ0) is 13.7. The van der Waals surface area contributed by atoms with Gasteiger partial charge in [-0.1, -0.05) is 30.3 Å². The number of rotatable bonds is 3. The van der Waals surface area contributed by atoms with E-state index in [0.717, 1.165) is 5.56 Å². The summed E-state index contributed by atoms with van der Waals surface area (Å²) < 4.78 is 31.8. The maximum Gasteiger partial charge on any atom is 0.407 e. The molecule has 0 radical (unpaired) electrons. The number of halogens is 2. The third kappa shape index (κ3) is 3.91. The lowest BCUT2D eigenvalue weighted by atomic mass is 9.94. The van der Waals surface area contributed by atoms with E-state index in [1.807, 2.05) is 30.3 Å². The molecule has 0 spiro atoms. The molecule has 3 nitrogen and oxygen atoms in total. The Hall–Kier alpha value is -1.65. The fourth-order valence-electron chi connectivity index (χ4n) is 2.15. The van der Waals surface area contributed by atoms with Gasteiger partial charge in [-0.15, -0.1) is 0 Å². The zero-order valence-electron chi connectivity index (χ0n) is 10.6. The highest BCUT2D eigenvalue weighted by Gasteiger charge is 2.44. The van der Waals surface area contributed by atoms with Gasteiger partial charge in [0.1, 0.15) is 0 Å². The van der Waals surface area contributed by atoms with Crippen LogP contribution in [-0.4, -0.2) is 18.1 Å². The molecule has 1 aromatic rings. The Morgan fingerprint density at radius 1 is 1.32 bits per heavy atom. The Morgan fingerprint density at radius 3 is 2.74 bits per heavy atom. The molecule has 0 aliphatic heterocycles. The van der Waals surface area contributed by atoms with Crippen LogP contribution in [-0.2, 0) is 11.3 Å². The summed E-state index contributed by atoms with van der Waals surface area (Å²) in [5, 5.41) is 2.49. The number of hydrogen-bond donors (Lipinski definition) is 1. The van der Waals surface area contributed by atoms with Gasteiger partial charge in [-0.3, -0.25) is 0 Å². The molecule has 1 aliphatic rings. The quantitative estimate of drug-likeness (QED) is 0.912. The molecule has 1 aromatic carbocycles. The molecule has 0 saturated heterocycles. The molecule has 1 saturated carbocycles. The van der Waals surface area contributed by atoms with Gasteiger partial charge in [-0.2, -0.15) is 0 Å². The van der Waals surface area contributed by atoms with E-state index in [4.69, 9.17) is 4.74 Å². The molecule has 1 amide bonds. The van der Waals surface area contributed by atoms with E-state index in [1.165, 1.54) is 0 Å². The minimum Gasteiger partial charge on any atom is -0.440 e. The van der Waals surface area contributed by atoms with Crippen molar-refractivity contribution in [2.24, 2.45) is 0 Å². The minimum absolute atomic E-state index is 0.205. The Balaban J connectivity index is 1.81. The molecule has 1 aliphatic carbocycles. The smallest absolute Gasteiger partial charge is 0.407 e. The van der Waals surface area contributed by atoms with Crippen molar-refractivity contribution in [3.05, 3.63) is 35.9 Å². The SMILES string of the molecule is O=C(NCc1ccccc1)OC1CCCCC1(F)F. The van der Waals surface area contributed by atoms with Crippen molar-refractivity contribution in [1.29, 1.82) is 0 Å². The van der Waals surface area contributed by atoms with Crippen molar-refractivity contribution >= 4 is 6.09 Å². The molecule has 0 bridgehead atoms. The first-order chi connectivity index (χ1) is 9.08. The highest BCUT2D eigenvalue weighted by molar-refractivity contribution is 5.67. The van der Waals surface area contributed by atoms with Gasteiger partial charge in [0, 0.05) is 13.0 Å². The third-order valence-electron chi connectivity index (χ3n) is 3.23. The number of alkyl carbamates (subject to hydrolysis) is 1. The molecular formula is C14H17F2NO2. The van der Waals surface area contributed by atoms with Crippen LogP contribution in [0.5, 0.6) is 0 Å². The Morgan fingerprint density at radius 2 is 2.05 bits per heavy atom. The largest absolute Gasteiger partial charge is 0.440 e. The molecule has 1 fully saturated rings. The van der Waals surface area contributed by atoms with Crippen molar-refractivity contribution in [2.45, 2.75) is 44.3 Å². The van der Waals surface area contributed by atoms with Gasteiger partial charge in [-0.05, 0) is 24.8 Å². The van der Waals surface area contributed by atoms with Crippen LogP contribution in [0.15, 0.2) is 30.3 Å². The first-order valence-corrected chi connectivity index (χ1v) is 6.44. The second-order valence-corrected chi connectivity index (χ2v) is 4.74. The lowest BCUT2D eigenvalue weighted by Crippen LogP contribution is -2.42. The van der Waals surface area contributed by atoms with Crippen molar-refractivity contribution in [2.75, 3.05) is 0 Å². The van der Waals surface area contributed by atoms with E-state index in [9.17, 15) is 13.6 Å². The number of ether oxygens (including phenoxy) is 1. The number of amides is 1. The van der Waals surface area contributed by atoms with E-state index >= 15 is 0 Å². The maximum atomic E-state index is 13.5. The van der Waals surface area contributed by atoms with E-state index < -0.39 is 18.1 Å². The van der Waals surface area contributed by atoms with Gasteiger partial charge in [0.15, 0.2) is 6.10 Å². The van der Waals surface area contributed by atoms with Gasteiger partial charge in [0.05, 0.1) is 0 Å². The number of nitrogens with one attached hydrogen (secondary N) is 1. The van der Waals surface area contributed by atoms with E-state index in [1.54, 1.807) is 0 Å². The molecule has 19 heavy (non-hydrogen) atoms. The summed E-state index contributed by atoms with van der Waals surface area (Å²) in [6, 6.07) is 9.24. The summed E-state index contributed by atoms with van der Waals surface area (Å²) in [6.07, 6.45) is -0.896. The average Bonchev–Trinajstić information content (AvgIpc) is 2.40. The molecule has 1 unspecified atom stereocenters. The molecule has 2 rings (SSSR count). The Bertz CT molecular complexity index is 423. The van der Waals surface area contributed by atoms with Crippen LogP contribution in [0.3, 0.4) is 0 Å². The van der Waals surface area contributed by atoms with Crippen LogP contribution in [0.4, 0.5) is 13.6 Å². The fourth-order valence-corrected chi connectivity index (χ4v) is 2.15. The first kappa shape index (κ1) is 13.8. The predicted molar refractivity (Wildman–Crippen MR) is 67.0 cm³/mol. The van der Waals surface area contributed by atoms with E-state index in [2.05, 4.69) is 5.32 Å². The molecule has 104 valence electrons. The fraction of sp³-hybridized carbons (Fsp3) is 0.500. The highest BCUT2D eigenvalue weighted by atomic mass is 19.3. The van der Waals surface area contributed by atoms with Crippen molar-refractivity contribution in [1.82, 2.24) is 5.32 Å². The lowest BCUT2D eigenvalue weighted by molar-refractivity contribution is -0.132. The van der Waals surface area contributed by atoms with Crippen LogP contribution in [0.1, 0.15) is 31.2 Å². The van der Waals surface area contributed by atoms with E-state index in [0.29, 0.717) is 12.8 Å². The van der Waals surface area contributed by atoms with Crippen LogP contribution in [0.25, 0.3) is 0 Å². The number of carbonyl (C=O) groups excluding carboxylic acids is 1. The second kappa shape index (κ2) is 5.99. The summed E-state index contributed by atoms with van der Waals surface area (Å²) >= 11 is 0. The van der Waals surface area contributed by atoms with Gasteiger partial charge in [0.2, 0.25) is 0 Å². The Kier molecular flexibility index (Phi) is 4.35. The predicted octanol–water partition coefficient (Wildman–Crippen LogP) is 3.49. The maximum absolute atomic E-state index is 13.5. The van der Waals surface area contributed by atoms with Gasteiger partial charge < -0.3 is 10.1 Å². The normalized spacial score (nSPS) is 21.7. The van der Waals surface area contributed by atoms with E-state index in [-0.39, 0.29) is 19.4 Å². The van der Waals surface area contributed by atoms with Crippen LogP contribution >= 0.6 is 0 Å². The summed E-state index contributed by atoms with van der Waals surface area (Å²) in [5.74, 6) is -2.90. The summed E-state index contributed by atoms with van der Waals surface area (Å²) in [6.45, 7) is 0.276. The highest BCUT2D eigenvalue weighted by Crippen LogP contribution is 2.35. The van der Waals surface area contributed by atoms with Crippen LogP contribution in [0, 0.1) is 0 Å². The number of hydrogen-bond acceptors (Lipinski definition) is 2. The van der Waals surface area contributed by atoms with Crippen molar-refractivity contribution in [3.63, 3.8) is 0 Å².